The van der Waals surface area contributed by atoms with Gasteiger partial charge in [-0.15, -0.1) is 0 Å². The average Bonchev–Trinajstić information content (AvgIpc) is 2.48. The fourth-order valence-corrected chi connectivity index (χ4v) is 1.47. The van der Waals surface area contributed by atoms with Gasteiger partial charge in [0.15, 0.2) is 5.57 Å². The summed E-state index contributed by atoms with van der Waals surface area (Å²) in [7, 11) is 1.42. The largest absolute Gasteiger partial charge is 0.380 e. The molecule has 0 aliphatic rings. The summed E-state index contributed by atoms with van der Waals surface area (Å²) in [6, 6.07) is 8.86. The molecule has 20 heavy (non-hydrogen) atoms. The van der Waals surface area contributed by atoms with Crippen LogP contribution in [0, 0.1) is 0 Å². The first-order valence-corrected chi connectivity index (χ1v) is 8.96. The molecule has 0 N–H and O–H groups in total. The Kier molecular flexibility index (Phi) is 7.51. The van der Waals surface area contributed by atoms with Gasteiger partial charge in [-0.1, -0.05) is 30.3 Å². The van der Waals surface area contributed by atoms with E-state index in [4.69, 9.17) is 0 Å². The normalized spacial score (nSPS) is 10.0. The van der Waals surface area contributed by atoms with Gasteiger partial charge < -0.3 is 0 Å². The summed E-state index contributed by atoms with van der Waals surface area (Å²) < 4.78 is 0. The quantitative estimate of drug-likeness (QED) is 0.155. The Morgan fingerprint density at radius 2 is 1.45 bits per heavy atom. The van der Waals surface area contributed by atoms with Crippen LogP contribution >= 0.6 is 0 Å². The van der Waals surface area contributed by atoms with Gasteiger partial charge in [-0.2, -0.15) is 9.78 Å². The Hall–Kier alpha value is -1.75. The third kappa shape index (κ3) is 5.49. The Morgan fingerprint density at radius 1 is 0.950 bits per heavy atom. The molecule has 0 unspecified atom stereocenters. The zero-order chi connectivity index (χ0) is 14.8. The summed E-state index contributed by atoms with van der Waals surface area (Å²) >= 11 is 0. The minimum Gasteiger partial charge on any atom is -0.293 e. The van der Waals surface area contributed by atoms with Gasteiger partial charge in [0.05, 0.1) is 12.5 Å². The van der Waals surface area contributed by atoms with Crippen LogP contribution in [0.25, 0.3) is 6.08 Å². The topological polar surface area (TPSA) is 71.1 Å². The molecule has 6 nitrogen and oxygen atoms in total. The minimum atomic E-state index is -0.911. The molecule has 0 atom stereocenters. The van der Waals surface area contributed by atoms with Gasteiger partial charge in [-0.25, -0.2) is 9.59 Å². The smallest absolute Gasteiger partial charge is 0.293 e. The van der Waals surface area contributed by atoms with E-state index < -0.39 is 11.9 Å². The van der Waals surface area contributed by atoms with E-state index in [-0.39, 0.29) is 5.57 Å². The predicted octanol–water partition coefficient (Wildman–Crippen LogP) is -1.33. The molecule has 0 spiro atoms. The van der Waals surface area contributed by atoms with Crippen molar-refractivity contribution >= 4 is 38.5 Å². The first kappa shape index (κ1) is 16.3. The summed E-state index contributed by atoms with van der Waals surface area (Å²) in [6.45, 7) is 0. The molecule has 0 saturated heterocycles. The van der Waals surface area contributed by atoms with Gasteiger partial charge in [0.25, 0.3) is 0 Å². The molecule has 0 amide bonds. The van der Waals surface area contributed by atoms with Crippen LogP contribution in [0.4, 0.5) is 0 Å². The van der Waals surface area contributed by atoms with E-state index in [2.05, 4.69) is 19.6 Å². The molecule has 1 aromatic carbocycles. The second-order valence-corrected chi connectivity index (χ2v) is 4.68. The molecule has 0 radical (unpaired) electrons. The summed E-state index contributed by atoms with van der Waals surface area (Å²) in [5, 5.41) is 0. The number of carbonyl (C=O) groups is 2. The third-order valence-electron chi connectivity index (χ3n) is 2.06. The molecule has 0 bridgehead atoms. The van der Waals surface area contributed by atoms with Crippen LogP contribution in [-0.2, 0) is 29.1 Å². The van der Waals surface area contributed by atoms with Gasteiger partial charge in [0.1, 0.15) is 0 Å². The van der Waals surface area contributed by atoms with Crippen LogP contribution in [0.1, 0.15) is 5.56 Å². The fraction of sp³-hybridized carbons (Fsp3) is 0.167. The lowest BCUT2D eigenvalue weighted by molar-refractivity contribution is -0.265. The molecule has 8 heteroatoms. The highest BCUT2D eigenvalue weighted by molar-refractivity contribution is 6.17. The molecular formula is C12H16O6Si2. The summed E-state index contributed by atoms with van der Waals surface area (Å²) in [5.41, 5.74) is 0.370. The van der Waals surface area contributed by atoms with Crippen LogP contribution in [0.3, 0.4) is 0 Å². The van der Waals surface area contributed by atoms with Crippen LogP contribution in [-0.4, -0.2) is 44.9 Å². The zero-order valence-corrected chi connectivity index (χ0v) is 15.3. The molecule has 1 rings (SSSR count). The van der Waals surface area contributed by atoms with Gasteiger partial charge >= 0.3 is 11.9 Å². The highest BCUT2D eigenvalue weighted by atomic mass is 28.1. The lowest BCUT2D eigenvalue weighted by atomic mass is 10.1. The second-order valence-electron chi connectivity index (χ2n) is 3.52. The van der Waals surface area contributed by atoms with Gasteiger partial charge in [0.2, 0.25) is 0 Å². The maximum Gasteiger partial charge on any atom is 0.380 e. The zero-order valence-electron chi connectivity index (χ0n) is 11.3. The monoisotopic (exact) mass is 312 g/mol. The van der Waals surface area contributed by atoms with E-state index in [1.54, 1.807) is 24.3 Å². The molecule has 0 aliphatic carbocycles. The minimum absolute atomic E-state index is 0.290. The van der Waals surface area contributed by atoms with Crippen molar-refractivity contribution in [2.75, 3.05) is 12.5 Å². The van der Waals surface area contributed by atoms with Crippen molar-refractivity contribution in [2.24, 2.45) is 0 Å². The maximum atomic E-state index is 11.8. The van der Waals surface area contributed by atoms with Crippen LogP contribution in [0.15, 0.2) is 35.9 Å². The van der Waals surface area contributed by atoms with Gasteiger partial charge in [-0.05, 0) is 11.6 Å². The number of hydrogen-bond acceptors (Lipinski definition) is 6. The van der Waals surface area contributed by atoms with E-state index in [9.17, 15) is 9.59 Å². The fourth-order valence-electron chi connectivity index (χ4n) is 1.23. The number of hydrogen-bond donors (Lipinski definition) is 0. The SMILES string of the molecule is O=C(OOC[SiH3])C(=Cc1ccccc1)C(=O)OOC[SiH3]. The van der Waals surface area contributed by atoms with Crippen molar-refractivity contribution in [1.29, 1.82) is 0 Å². The standard InChI is InChI=1S/C12H16O6Si2/c13-11(17-15-7-19)10(12(14)18-16-8-20)6-9-4-2-1-3-5-9/h1-6H,7-8H2,19-20H3. The van der Waals surface area contributed by atoms with Gasteiger partial charge in [0, 0.05) is 20.5 Å². The Morgan fingerprint density at radius 3 is 1.90 bits per heavy atom. The Labute approximate surface area is 122 Å². The van der Waals surface area contributed by atoms with Crippen molar-refractivity contribution < 1.29 is 29.1 Å². The lowest BCUT2D eigenvalue weighted by Gasteiger charge is -2.05. The number of benzene rings is 1. The van der Waals surface area contributed by atoms with Crippen LogP contribution < -0.4 is 0 Å². The van der Waals surface area contributed by atoms with Crippen LogP contribution in [0.5, 0.6) is 0 Å². The van der Waals surface area contributed by atoms with E-state index in [1.165, 1.54) is 6.08 Å². The van der Waals surface area contributed by atoms with Crippen molar-refractivity contribution in [1.82, 2.24) is 0 Å². The van der Waals surface area contributed by atoms with Crippen molar-refractivity contribution in [3.63, 3.8) is 0 Å². The lowest BCUT2D eigenvalue weighted by Crippen LogP contribution is -2.19. The molecule has 0 saturated carbocycles. The highest BCUT2D eigenvalue weighted by Gasteiger charge is 2.23. The molecule has 0 aromatic heterocycles. The average molecular weight is 312 g/mol. The number of rotatable bonds is 7. The third-order valence-corrected chi connectivity index (χ3v) is 2.53. The second kappa shape index (κ2) is 9.20. The summed E-state index contributed by atoms with van der Waals surface area (Å²) in [5.74, 6) is -1.82. The van der Waals surface area contributed by atoms with Crippen LogP contribution in [0.2, 0.25) is 0 Å². The summed E-state index contributed by atoms with van der Waals surface area (Å²) in [6.07, 6.45) is 1.99. The van der Waals surface area contributed by atoms with E-state index >= 15 is 0 Å². The van der Waals surface area contributed by atoms with E-state index in [0.29, 0.717) is 38.5 Å². The van der Waals surface area contributed by atoms with E-state index in [1.807, 2.05) is 6.07 Å². The summed E-state index contributed by atoms with van der Waals surface area (Å²) in [4.78, 5) is 41.7. The molecular weight excluding hydrogens is 296 g/mol. The Bertz CT molecular complexity index is 452. The Balaban J connectivity index is 2.91. The number of carbonyl (C=O) groups excluding carboxylic acids is 2. The molecule has 0 heterocycles. The van der Waals surface area contributed by atoms with Crippen molar-refractivity contribution in [3.05, 3.63) is 41.5 Å². The first-order chi connectivity index (χ1) is 9.69. The molecule has 1 aromatic rings. The van der Waals surface area contributed by atoms with Crippen molar-refractivity contribution in [3.8, 4) is 0 Å². The highest BCUT2D eigenvalue weighted by Crippen LogP contribution is 2.10. The van der Waals surface area contributed by atoms with Crippen molar-refractivity contribution in [2.45, 2.75) is 0 Å². The molecule has 0 aliphatic heterocycles. The van der Waals surface area contributed by atoms with Gasteiger partial charge in [-0.3, -0.25) is 9.78 Å². The maximum absolute atomic E-state index is 11.8. The molecule has 108 valence electrons. The predicted molar refractivity (Wildman–Crippen MR) is 78.4 cm³/mol. The van der Waals surface area contributed by atoms with E-state index in [0.717, 1.165) is 0 Å². The first-order valence-electron chi connectivity index (χ1n) is 6.13. The molecule has 0 fully saturated rings.